The van der Waals surface area contributed by atoms with Crippen LogP contribution in [0.1, 0.15) is 25.8 Å². The van der Waals surface area contributed by atoms with Gasteiger partial charge in [0.15, 0.2) is 0 Å². The zero-order valence-corrected chi connectivity index (χ0v) is 12.9. The van der Waals surface area contributed by atoms with Crippen molar-refractivity contribution in [3.63, 3.8) is 0 Å². The lowest BCUT2D eigenvalue weighted by Gasteiger charge is -2.18. The van der Waals surface area contributed by atoms with E-state index in [1.54, 1.807) is 20.5 Å². The van der Waals surface area contributed by atoms with Crippen molar-refractivity contribution in [3.8, 4) is 0 Å². The average molecular weight is 282 g/mol. The summed E-state index contributed by atoms with van der Waals surface area (Å²) < 4.78 is 10.5. The molecule has 0 saturated carbocycles. The molecule has 1 aromatic rings. The molecular formula is C14H26N4O2. The fourth-order valence-corrected chi connectivity index (χ4v) is 1.98. The van der Waals surface area contributed by atoms with E-state index < -0.39 is 0 Å². The Morgan fingerprint density at radius 2 is 1.85 bits per heavy atom. The first kappa shape index (κ1) is 16.7. The number of methoxy groups -OCH3 is 2. The largest absolute Gasteiger partial charge is 0.382 e. The molecule has 0 fully saturated rings. The van der Waals surface area contributed by atoms with Crippen molar-refractivity contribution in [1.29, 1.82) is 0 Å². The van der Waals surface area contributed by atoms with Gasteiger partial charge in [0.2, 0.25) is 0 Å². The van der Waals surface area contributed by atoms with Crippen LogP contribution in [0.3, 0.4) is 0 Å². The Labute approximate surface area is 121 Å². The normalized spacial score (nSPS) is 12.2. The Hall–Kier alpha value is -1.40. The summed E-state index contributed by atoms with van der Waals surface area (Å²) in [6.07, 6.45) is 3.57. The Kier molecular flexibility index (Phi) is 7.91. The number of nitrogens with one attached hydrogen (secondary N) is 2. The van der Waals surface area contributed by atoms with Gasteiger partial charge in [-0.2, -0.15) is 0 Å². The first-order valence-corrected chi connectivity index (χ1v) is 7.10. The molecule has 0 aromatic carbocycles. The van der Waals surface area contributed by atoms with E-state index in [0.29, 0.717) is 13.2 Å². The van der Waals surface area contributed by atoms with Crippen molar-refractivity contribution in [3.05, 3.63) is 11.9 Å². The van der Waals surface area contributed by atoms with E-state index in [4.69, 9.17) is 9.47 Å². The third kappa shape index (κ3) is 4.94. The number of hydrogen-bond donors (Lipinski definition) is 2. The molecule has 1 atom stereocenters. The van der Waals surface area contributed by atoms with E-state index in [0.717, 1.165) is 36.6 Å². The lowest BCUT2D eigenvalue weighted by atomic mass is 10.1. The highest BCUT2D eigenvalue weighted by atomic mass is 16.5. The molecule has 0 aliphatic heterocycles. The van der Waals surface area contributed by atoms with Crippen LogP contribution >= 0.6 is 0 Å². The number of rotatable bonds is 10. The lowest BCUT2D eigenvalue weighted by Crippen LogP contribution is -2.27. The molecule has 1 heterocycles. The minimum absolute atomic E-state index is 0.00651. The molecule has 20 heavy (non-hydrogen) atoms. The van der Waals surface area contributed by atoms with Gasteiger partial charge >= 0.3 is 0 Å². The van der Waals surface area contributed by atoms with Crippen molar-refractivity contribution < 1.29 is 9.47 Å². The fraction of sp³-hybridized carbons (Fsp3) is 0.714. The predicted molar refractivity (Wildman–Crippen MR) is 81.4 cm³/mol. The van der Waals surface area contributed by atoms with Crippen LogP contribution in [0.2, 0.25) is 0 Å². The lowest BCUT2D eigenvalue weighted by molar-refractivity contribution is 0.0365. The van der Waals surface area contributed by atoms with Crippen LogP contribution in [0, 0.1) is 0 Å². The van der Waals surface area contributed by atoms with Gasteiger partial charge in [-0.1, -0.05) is 13.3 Å². The number of hydrogen-bond acceptors (Lipinski definition) is 6. The van der Waals surface area contributed by atoms with Crippen molar-refractivity contribution >= 4 is 11.6 Å². The summed E-state index contributed by atoms with van der Waals surface area (Å²) in [5, 5.41) is 6.62. The fourth-order valence-electron chi connectivity index (χ4n) is 1.98. The predicted octanol–water partition coefficient (Wildman–Crippen LogP) is 1.93. The second-order valence-corrected chi connectivity index (χ2v) is 4.52. The molecule has 0 aliphatic carbocycles. The minimum atomic E-state index is 0.00651. The summed E-state index contributed by atoms with van der Waals surface area (Å²) in [4.78, 5) is 8.66. The molecule has 1 rings (SSSR count). The highest BCUT2D eigenvalue weighted by molar-refractivity contribution is 5.57. The van der Waals surface area contributed by atoms with E-state index in [-0.39, 0.29) is 6.10 Å². The minimum Gasteiger partial charge on any atom is -0.382 e. The Morgan fingerprint density at radius 1 is 1.15 bits per heavy atom. The standard InChI is InChI=1S/C14H26N4O2/c1-5-7-12-13(15-6-2)17-10-18-14(12)16-8-11(20-4)9-19-3/h10-11H,5-9H2,1-4H3,(H2,15,16,17,18). The third-order valence-electron chi connectivity index (χ3n) is 2.97. The molecule has 0 saturated heterocycles. The van der Waals surface area contributed by atoms with Gasteiger partial charge in [-0.25, -0.2) is 9.97 Å². The first-order chi connectivity index (χ1) is 9.76. The average Bonchev–Trinajstić information content (AvgIpc) is 2.46. The van der Waals surface area contributed by atoms with Crippen molar-refractivity contribution in [2.75, 3.05) is 44.5 Å². The maximum Gasteiger partial charge on any atom is 0.134 e. The maximum absolute atomic E-state index is 5.34. The van der Waals surface area contributed by atoms with Crippen molar-refractivity contribution in [2.24, 2.45) is 0 Å². The summed E-state index contributed by atoms with van der Waals surface area (Å²) in [7, 11) is 3.35. The number of aromatic nitrogens is 2. The number of nitrogens with zero attached hydrogens (tertiary/aromatic N) is 2. The molecule has 0 spiro atoms. The summed E-state index contributed by atoms with van der Waals surface area (Å²) in [5.41, 5.74) is 1.13. The second-order valence-electron chi connectivity index (χ2n) is 4.52. The molecule has 2 N–H and O–H groups in total. The zero-order chi connectivity index (χ0) is 14.8. The summed E-state index contributed by atoms with van der Waals surface area (Å²) in [6.45, 7) is 6.26. The van der Waals surface area contributed by atoms with Crippen LogP contribution < -0.4 is 10.6 Å². The highest BCUT2D eigenvalue weighted by Gasteiger charge is 2.12. The molecule has 114 valence electrons. The monoisotopic (exact) mass is 282 g/mol. The van der Waals surface area contributed by atoms with Gasteiger partial charge in [0, 0.05) is 32.9 Å². The SMILES string of the molecule is CCCc1c(NCC)ncnc1NCC(COC)OC. The van der Waals surface area contributed by atoms with Gasteiger partial charge in [0.05, 0.1) is 12.7 Å². The van der Waals surface area contributed by atoms with Gasteiger partial charge in [-0.05, 0) is 13.3 Å². The highest BCUT2D eigenvalue weighted by Crippen LogP contribution is 2.21. The summed E-state index contributed by atoms with van der Waals surface area (Å²) in [6, 6.07) is 0. The van der Waals surface area contributed by atoms with Crippen molar-refractivity contribution in [2.45, 2.75) is 32.8 Å². The molecule has 1 unspecified atom stereocenters. The summed E-state index contributed by atoms with van der Waals surface area (Å²) in [5.74, 6) is 1.78. The smallest absolute Gasteiger partial charge is 0.134 e. The Bertz CT molecular complexity index is 387. The van der Waals surface area contributed by atoms with Gasteiger partial charge < -0.3 is 20.1 Å². The van der Waals surface area contributed by atoms with E-state index in [1.165, 1.54) is 0 Å². The Morgan fingerprint density at radius 3 is 2.40 bits per heavy atom. The quantitative estimate of drug-likeness (QED) is 0.683. The molecule has 6 nitrogen and oxygen atoms in total. The third-order valence-corrected chi connectivity index (χ3v) is 2.97. The number of ether oxygens (including phenoxy) is 2. The van der Waals surface area contributed by atoms with Crippen LogP contribution in [0.4, 0.5) is 11.6 Å². The van der Waals surface area contributed by atoms with Crippen LogP contribution in [0.5, 0.6) is 0 Å². The maximum atomic E-state index is 5.34. The van der Waals surface area contributed by atoms with E-state index >= 15 is 0 Å². The van der Waals surface area contributed by atoms with Gasteiger partial charge in [0.25, 0.3) is 0 Å². The number of anilines is 2. The second kappa shape index (κ2) is 9.50. The molecule has 0 bridgehead atoms. The van der Waals surface area contributed by atoms with Crippen molar-refractivity contribution in [1.82, 2.24) is 9.97 Å². The van der Waals surface area contributed by atoms with Gasteiger partial charge in [0.1, 0.15) is 18.0 Å². The van der Waals surface area contributed by atoms with E-state index in [2.05, 4.69) is 34.4 Å². The van der Waals surface area contributed by atoms with E-state index in [1.807, 2.05) is 0 Å². The first-order valence-electron chi connectivity index (χ1n) is 7.10. The van der Waals surface area contributed by atoms with E-state index in [9.17, 15) is 0 Å². The van der Waals surface area contributed by atoms with Crippen LogP contribution in [0.25, 0.3) is 0 Å². The molecule has 1 aromatic heterocycles. The molecule has 6 heteroatoms. The van der Waals surface area contributed by atoms with Gasteiger partial charge in [-0.15, -0.1) is 0 Å². The molecule has 0 amide bonds. The van der Waals surface area contributed by atoms with Crippen LogP contribution in [0.15, 0.2) is 6.33 Å². The summed E-state index contributed by atoms with van der Waals surface area (Å²) >= 11 is 0. The van der Waals surface area contributed by atoms with Crippen LogP contribution in [-0.4, -0.2) is 50.0 Å². The molecule has 0 aliphatic rings. The zero-order valence-electron chi connectivity index (χ0n) is 12.9. The van der Waals surface area contributed by atoms with Gasteiger partial charge in [-0.3, -0.25) is 0 Å². The molecule has 0 radical (unpaired) electrons. The molecular weight excluding hydrogens is 256 g/mol. The Balaban J connectivity index is 2.79. The van der Waals surface area contributed by atoms with Crippen LogP contribution in [-0.2, 0) is 15.9 Å². The topological polar surface area (TPSA) is 68.3 Å².